The normalized spacial score (nSPS) is 47.6. The number of terminal acetylenes is 1. The second-order valence-corrected chi connectivity index (χ2v) is 3.72. The monoisotopic (exact) mass is 151 g/mol. The summed E-state index contributed by atoms with van der Waals surface area (Å²) in [6.07, 6.45) is 8.94. The molecule has 2 bridgehead atoms. The van der Waals surface area contributed by atoms with E-state index in [4.69, 9.17) is 6.42 Å². The third-order valence-electron chi connectivity index (χ3n) is 2.93. The zero-order valence-corrected chi connectivity index (χ0v) is 6.51. The van der Waals surface area contributed by atoms with Gasteiger partial charge in [-0.15, -0.1) is 12.3 Å². The molecule has 2 aliphatic rings. The molecule has 0 amide bonds. The number of hydrogen-bond acceptors (Lipinski definition) is 2. The molecule has 2 fully saturated rings. The van der Waals surface area contributed by atoms with Crippen LogP contribution in [0.1, 0.15) is 25.7 Å². The Morgan fingerprint density at radius 3 is 3.00 bits per heavy atom. The maximum atomic E-state index is 9.48. The van der Waals surface area contributed by atoms with Gasteiger partial charge < -0.3 is 10.4 Å². The van der Waals surface area contributed by atoms with Gasteiger partial charge in [0.25, 0.3) is 0 Å². The highest BCUT2D eigenvalue weighted by molar-refractivity contribution is 5.13. The Morgan fingerprint density at radius 1 is 1.73 bits per heavy atom. The molecule has 60 valence electrons. The fourth-order valence-electron chi connectivity index (χ4n) is 2.37. The molecule has 2 unspecified atom stereocenters. The van der Waals surface area contributed by atoms with E-state index in [-0.39, 0.29) is 11.6 Å². The Bertz CT molecular complexity index is 204. The summed E-state index contributed by atoms with van der Waals surface area (Å²) in [5, 5.41) is 12.9. The lowest BCUT2D eigenvalue weighted by atomic mass is 9.84. The SMILES string of the molecule is C#CC[C@]12CCC(N1)C(O)C2. The van der Waals surface area contributed by atoms with Gasteiger partial charge in [-0.25, -0.2) is 0 Å². The summed E-state index contributed by atoms with van der Waals surface area (Å²) >= 11 is 0. The van der Waals surface area contributed by atoms with E-state index in [1.807, 2.05) is 0 Å². The molecule has 2 saturated heterocycles. The minimum absolute atomic E-state index is 0.0961. The largest absolute Gasteiger partial charge is 0.391 e. The van der Waals surface area contributed by atoms with Gasteiger partial charge in [-0.1, -0.05) is 0 Å². The van der Waals surface area contributed by atoms with Crippen LogP contribution >= 0.6 is 0 Å². The van der Waals surface area contributed by atoms with E-state index in [0.29, 0.717) is 6.04 Å². The number of rotatable bonds is 1. The van der Waals surface area contributed by atoms with Crippen LogP contribution in [0, 0.1) is 12.3 Å². The molecule has 0 aromatic rings. The molecular formula is C9H13NO. The van der Waals surface area contributed by atoms with E-state index in [1.54, 1.807) is 0 Å². The average Bonchev–Trinajstić information content (AvgIpc) is 2.44. The summed E-state index contributed by atoms with van der Waals surface area (Å²) in [5.41, 5.74) is 0.0961. The van der Waals surface area contributed by atoms with Gasteiger partial charge in [-0.05, 0) is 19.3 Å². The molecular weight excluding hydrogens is 138 g/mol. The first-order valence-electron chi connectivity index (χ1n) is 4.15. The lowest BCUT2D eigenvalue weighted by molar-refractivity contribution is 0.135. The first-order valence-corrected chi connectivity index (χ1v) is 4.15. The summed E-state index contributed by atoms with van der Waals surface area (Å²) in [4.78, 5) is 0. The molecule has 2 heterocycles. The fourth-order valence-corrected chi connectivity index (χ4v) is 2.37. The highest BCUT2D eigenvalue weighted by Crippen LogP contribution is 2.39. The van der Waals surface area contributed by atoms with Gasteiger partial charge in [0, 0.05) is 18.0 Å². The van der Waals surface area contributed by atoms with E-state index >= 15 is 0 Å². The van der Waals surface area contributed by atoms with Gasteiger partial charge >= 0.3 is 0 Å². The summed E-state index contributed by atoms with van der Waals surface area (Å²) in [6.45, 7) is 0. The summed E-state index contributed by atoms with van der Waals surface area (Å²) < 4.78 is 0. The van der Waals surface area contributed by atoms with Crippen molar-refractivity contribution in [2.24, 2.45) is 0 Å². The maximum Gasteiger partial charge on any atom is 0.0711 e. The van der Waals surface area contributed by atoms with Gasteiger partial charge in [0.1, 0.15) is 0 Å². The van der Waals surface area contributed by atoms with Crippen molar-refractivity contribution in [3.8, 4) is 12.3 Å². The Hall–Kier alpha value is -0.520. The lowest BCUT2D eigenvalue weighted by Gasteiger charge is -2.24. The van der Waals surface area contributed by atoms with Crippen molar-refractivity contribution in [3.05, 3.63) is 0 Å². The molecule has 2 rings (SSSR count). The smallest absolute Gasteiger partial charge is 0.0711 e. The summed E-state index contributed by atoms with van der Waals surface area (Å²) in [6, 6.07) is 0.323. The standard InChI is InChI=1S/C9H13NO/c1-2-4-9-5-3-7(10-9)8(11)6-9/h1,7-8,10-11H,3-6H2/t7?,8?,9-/m1/s1. The van der Waals surface area contributed by atoms with Crippen LogP contribution in [0.2, 0.25) is 0 Å². The molecule has 2 nitrogen and oxygen atoms in total. The second-order valence-electron chi connectivity index (χ2n) is 3.72. The second kappa shape index (κ2) is 2.23. The van der Waals surface area contributed by atoms with Crippen molar-refractivity contribution in [1.29, 1.82) is 0 Å². The first-order chi connectivity index (χ1) is 5.26. The predicted molar refractivity (Wildman–Crippen MR) is 43.0 cm³/mol. The first kappa shape index (κ1) is 7.15. The van der Waals surface area contributed by atoms with Crippen LogP contribution in [-0.2, 0) is 0 Å². The minimum atomic E-state index is -0.155. The third kappa shape index (κ3) is 0.962. The molecule has 2 N–H and O–H groups in total. The van der Waals surface area contributed by atoms with Crippen LogP contribution in [0.5, 0.6) is 0 Å². The summed E-state index contributed by atoms with van der Waals surface area (Å²) in [5.74, 6) is 2.68. The zero-order chi connectivity index (χ0) is 7.90. The predicted octanol–water partition coefficient (Wildman–Crippen LogP) is 0.265. The molecule has 0 spiro atoms. The van der Waals surface area contributed by atoms with Crippen molar-refractivity contribution < 1.29 is 5.11 Å². The maximum absolute atomic E-state index is 9.48. The van der Waals surface area contributed by atoms with Gasteiger partial charge in [-0.3, -0.25) is 0 Å². The lowest BCUT2D eigenvalue weighted by Crippen LogP contribution is -2.35. The van der Waals surface area contributed by atoms with Gasteiger partial charge in [-0.2, -0.15) is 0 Å². The topological polar surface area (TPSA) is 32.3 Å². The quantitative estimate of drug-likeness (QED) is 0.527. The molecule has 2 heteroatoms. The van der Waals surface area contributed by atoms with Gasteiger partial charge in [0.2, 0.25) is 0 Å². The van der Waals surface area contributed by atoms with Crippen LogP contribution in [-0.4, -0.2) is 22.8 Å². The highest BCUT2D eigenvalue weighted by atomic mass is 16.3. The Morgan fingerprint density at radius 2 is 2.55 bits per heavy atom. The number of aliphatic hydroxyl groups excluding tert-OH is 1. The number of nitrogens with one attached hydrogen (secondary N) is 1. The molecule has 0 saturated carbocycles. The van der Waals surface area contributed by atoms with Crippen molar-refractivity contribution >= 4 is 0 Å². The molecule has 2 aliphatic heterocycles. The van der Waals surface area contributed by atoms with E-state index in [0.717, 1.165) is 25.7 Å². The van der Waals surface area contributed by atoms with E-state index < -0.39 is 0 Å². The highest BCUT2D eigenvalue weighted by Gasteiger charge is 2.48. The molecule has 0 aliphatic carbocycles. The van der Waals surface area contributed by atoms with E-state index in [9.17, 15) is 5.11 Å². The van der Waals surface area contributed by atoms with Crippen molar-refractivity contribution in [3.63, 3.8) is 0 Å². The summed E-state index contributed by atoms with van der Waals surface area (Å²) in [7, 11) is 0. The van der Waals surface area contributed by atoms with Crippen LogP contribution in [0.15, 0.2) is 0 Å². The van der Waals surface area contributed by atoms with E-state index in [1.165, 1.54) is 0 Å². The fraction of sp³-hybridized carbons (Fsp3) is 0.778. The van der Waals surface area contributed by atoms with Gasteiger partial charge in [0.05, 0.1) is 6.10 Å². The molecule has 3 atom stereocenters. The zero-order valence-electron chi connectivity index (χ0n) is 6.51. The molecule has 0 radical (unpaired) electrons. The Labute approximate surface area is 67.0 Å². The third-order valence-corrected chi connectivity index (χ3v) is 2.93. The van der Waals surface area contributed by atoms with Crippen LogP contribution in [0.4, 0.5) is 0 Å². The number of aliphatic hydroxyl groups is 1. The van der Waals surface area contributed by atoms with Crippen LogP contribution in [0.3, 0.4) is 0 Å². The Kier molecular flexibility index (Phi) is 1.45. The molecule has 0 aromatic carbocycles. The average molecular weight is 151 g/mol. The van der Waals surface area contributed by atoms with Crippen LogP contribution < -0.4 is 5.32 Å². The van der Waals surface area contributed by atoms with Crippen molar-refractivity contribution in [2.45, 2.75) is 43.4 Å². The Balaban J connectivity index is 2.12. The molecule has 0 aromatic heterocycles. The minimum Gasteiger partial charge on any atom is -0.391 e. The van der Waals surface area contributed by atoms with Gasteiger partial charge in [0.15, 0.2) is 0 Å². The molecule has 11 heavy (non-hydrogen) atoms. The number of hydrogen-bond donors (Lipinski definition) is 2. The van der Waals surface area contributed by atoms with Crippen molar-refractivity contribution in [2.75, 3.05) is 0 Å². The van der Waals surface area contributed by atoms with Crippen LogP contribution in [0.25, 0.3) is 0 Å². The number of fused-ring (bicyclic) bond motifs is 2. The van der Waals surface area contributed by atoms with Crippen molar-refractivity contribution in [1.82, 2.24) is 5.32 Å². The van der Waals surface area contributed by atoms with E-state index in [2.05, 4.69) is 11.2 Å².